The van der Waals surface area contributed by atoms with Crippen LogP contribution < -0.4 is 5.32 Å². The zero-order chi connectivity index (χ0) is 21.5. The predicted octanol–water partition coefficient (Wildman–Crippen LogP) is 6.73. The number of rotatable bonds is 2. The largest absolute Gasteiger partial charge is 0.356 e. The van der Waals surface area contributed by atoms with E-state index < -0.39 is 0 Å². The van der Waals surface area contributed by atoms with Crippen LogP contribution in [0, 0.1) is 13.8 Å². The number of urea groups is 1. The highest BCUT2D eigenvalue weighted by Crippen LogP contribution is 2.38. The van der Waals surface area contributed by atoms with E-state index in [0.717, 1.165) is 38.9 Å². The van der Waals surface area contributed by atoms with Gasteiger partial charge in [-0.2, -0.15) is 0 Å². The Labute approximate surface area is 190 Å². The summed E-state index contributed by atoms with van der Waals surface area (Å²) < 4.78 is 1.03. The number of nitrogens with zero attached hydrogens (tertiary/aromatic N) is 1. The molecule has 5 rings (SSSR count). The van der Waals surface area contributed by atoms with E-state index >= 15 is 0 Å². The fraction of sp³-hybridized carbons (Fsp3) is 0.192. The number of nitrogens with one attached hydrogen (secondary N) is 2. The Balaban J connectivity index is 1.56. The van der Waals surface area contributed by atoms with Gasteiger partial charge in [-0.1, -0.05) is 64.0 Å². The lowest BCUT2D eigenvalue weighted by Gasteiger charge is -2.36. The van der Waals surface area contributed by atoms with Crippen LogP contribution in [0.25, 0.3) is 10.9 Å². The van der Waals surface area contributed by atoms with Crippen molar-refractivity contribution < 1.29 is 4.79 Å². The molecule has 2 amide bonds. The predicted molar refractivity (Wildman–Crippen MR) is 130 cm³/mol. The summed E-state index contributed by atoms with van der Waals surface area (Å²) in [5.74, 6) is 0. The smallest absolute Gasteiger partial charge is 0.322 e. The Morgan fingerprint density at radius 2 is 1.84 bits per heavy atom. The van der Waals surface area contributed by atoms with E-state index in [1.54, 1.807) is 0 Å². The number of carbonyl (C=O) groups is 1. The first kappa shape index (κ1) is 19.9. The van der Waals surface area contributed by atoms with Crippen molar-refractivity contribution >= 4 is 38.6 Å². The van der Waals surface area contributed by atoms with E-state index in [2.05, 4.69) is 75.6 Å². The first-order valence-corrected chi connectivity index (χ1v) is 11.3. The average molecular weight is 474 g/mol. The molecular formula is C26H24BrN3O. The minimum atomic E-state index is -0.159. The summed E-state index contributed by atoms with van der Waals surface area (Å²) in [5.41, 5.74) is 7.75. The molecule has 1 atom stereocenters. The molecule has 1 aliphatic rings. The van der Waals surface area contributed by atoms with Crippen LogP contribution in [-0.4, -0.2) is 22.5 Å². The van der Waals surface area contributed by atoms with Crippen molar-refractivity contribution in [3.05, 3.63) is 99.2 Å². The number of hydrogen-bond donors (Lipinski definition) is 2. The van der Waals surface area contributed by atoms with Crippen molar-refractivity contribution in [1.82, 2.24) is 9.88 Å². The molecule has 31 heavy (non-hydrogen) atoms. The van der Waals surface area contributed by atoms with Crippen molar-refractivity contribution in [2.45, 2.75) is 26.3 Å². The van der Waals surface area contributed by atoms with E-state index in [9.17, 15) is 4.79 Å². The van der Waals surface area contributed by atoms with Gasteiger partial charge in [0.05, 0.1) is 6.04 Å². The minimum Gasteiger partial charge on any atom is -0.356 e. The van der Waals surface area contributed by atoms with Gasteiger partial charge in [-0.25, -0.2) is 4.79 Å². The number of H-pyrrole nitrogens is 1. The zero-order valence-corrected chi connectivity index (χ0v) is 19.2. The summed E-state index contributed by atoms with van der Waals surface area (Å²) >= 11 is 3.53. The molecule has 0 aliphatic carbocycles. The van der Waals surface area contributed by atoms with Crippen LogP contribution >= 0.6 is 15.9 Å². The van der Waals surface area contributed by atoms with E-state index in [1.807, 2.05) is 36.1 Å². The molecule has 1 aliphatic heterocycles. The third kappa shape index (κ3) is 3.63. The van der Waals surface area contributed by atoms with Gasteiger partial charge in [-0.05, 0) is 61.2 Å². The molecule has 0 fully saturated rings. The lowest BCUT2D eigenvalue weighted by molar-refractivity contribution is 0.193. The second kappa shape index (κ2) is 7.89. The van der Waals surface area contributed by atoms with Crippen LogP contribution in [0.15, 0.2) is 71.2 Å². The Morgan fingerprint density at radius 3 is 2.61 bits per heavy atom. The molecule has 0 saturated carbocycles. The number of para-hydroxylation sites is 1. The van der Waals surface area contributed by atoms with Crippen LogP contribution in [0.3, 0.4) is 0 Å². The SMILES string of the molecule is Cc1ccc([C@H]2c3[nH]c4ccccc4c3CCN2C(=O)Nc2ccc(Br)c(C)c2)cc1. The third-order valence-corrected chi connectivity index (χ3v) is 6.99. The molecule has 2 N–H and O–H groups in total. The molecule has 156 valence electrons. The molecule has 1 aromatic heterocycles. The van der Waals surface area contributed by atoms with Gasteiger partial charge in [0, 0.05) is 33.3 Å². The number of hydrogen-bond acceptors (Lipinski definition) is 1. The number of anilines is 1. The minimum absolute atomic E-state index is 0.0865. The summed E-state index contributed by atoms with van der Waals surface area (Å²) in [7, 11) is 0. The summed E-state index contributed by atoms with van der Waals surface area (Å²) in [6.07, 6.45) is 0.828. The number of aromatic nitrogens is 1. The number of halogens is 1. The maximum absolute atomic E-state index is 13.4. The lowest BCUT2D eigenvalue weighted by Crippen LogP contribution is -2.43. The topological polar surface area (TPSA) is 48.1 Å². The van der Waals surface area contributed by atoms with E-state index in [0.29, 0.717) is 6.54 Å². The van der Waals surface area contributed by atoms with Gasteiger partial charge in [0.1, 0.15) is 0 Å². The molecule has 0 saturated heterocycles. The second-order valence-electron chi connectivity index (χ2n) is 8.21. The van der Waals surface area contributed by atoms with E-state index in [4.69, 9.17) is 0 Å². The fourth-order valence-electron chi connectivity index (χ4n) is 4.47. The number of amides is 2. The van der Waals surface area contributed by atoms with E-state index in [-0.39, 0.29) is 12.1 Å². The van der Waals surface area contributed by atoms with Gasteiger partial charge in [0.25, 0.3) is 0 Å². The van der Waals surface area contributed by atoms with Gasteiger partial charge in [-0.3, -0.25) is 0 Å². The van der Waals surface area contributed by atoms with Crippen LogP contribution in [0.4, 0.5) is 10.5 Å². The maximum atomic E-state index is 13.4. The van der Waals surface area contributed by atoms with Gasteiger partial charge in [0.2, 0.25) is 0 Å². The standard InChI is InChI=1S/C26H24BrN3O/c1-16-7-9-18(10-8-16)25-24-21(20-5-3-4-6-23(20)29-24)13-14-30(25)26(31)28-19-11-12-22(27)17(2)15-19/h3-12,15,25,29H,13-14H2,1-2H3,(H,28,31)/t25-/m0/s1. The van der Waals surface area contributed by atoms with Gasteiger partial charge in [-0.15, -0.1) is 0 Å². The molecule has 3 aromatic carbocycles. The van der Waals surface area contributed by atoms with Crippen molar-refractivity contribution in [3.8, 4) is 0 Å². The highest BCUT2D eigenvalue weighted by molar-refractivity contribution is 9.10. The van der Waals surface area contributed by atoms with Crippen molar-refractivity contribution in [1.29, 1.82) is 0 Å². The summed E-state index contributed by atoms with van der Waals surface area (Å²) in [6, 6.07) is 22.5. The number of carbonyl (C=O) groups excluding carboxylic acids is 1. The fourth-order valence-corrected chi connectivity index (χ4v) is 4.72. The first-order chi connectivity index (χ1) is 15.0. The summed E-state index contributed by atoms with van der Waals surface area (Å²) in [5, 5.41) is 4.36. The third-order valence-electron chi connectivity index (χ3n) is 6.10. The molecule has 4 aromatic rings. The monoisotopic (exact) mass is 473 g/mol. The highest BCUT2D eigenvalue weighted by Gasteiger charge is 2.34. The first-order valence-electron chi connectivity index (χ1n) is 10.5. The van der Waals surface area contributed by atoms with Gasteiger partial charge < -0.3 is 15.2 Å². The molecule has 0 spiro atoms. The number of fused-ring (bicyclic) bond motifs is 3. The Bertz CT molecular complexity index is 1280. The number of benzene rings is 3. The molecule has 0 radical (unpaired) electrons. The molecule has 0 unspecified atom stereocenters. The van der Waals surface area contributed by atoms with Crippen LogP contribution in [0.5, 0.6) is 0 Å². The average Bonchev–Trinajstić information content (AvgIpc) is 3.15. The molecule has 5 heteroatoms. The quantitative estimate of drug-likeness (QED) is 0.333. The van der Waals surface area contributed by atoms with Crippen LogP contribution in [-0.2, 0) is 6.42 Å². The maximum Gasteiger partial charge on any atom is 0.322 e. The van der Waals surface area contributed by atoms with Gasteiger partial charge >= 0.3 is 6.03 Å². The summed E-state index contributed by atoms with van der Waals surface area (Å²) in [4.78, 5) is 19.0. The zero-order valence-electron chi connectivity index (χ0n) is 17.6. The second-order valence-corrected chi connectivity index (χ2v) is 9.07. The van der Waals surface area contributed by atoms with Crippen molar-refractivity contribution in [2.24, 2.45) is 0 Å². The normalized spacial score (nSPS) is 15.7. The van der Waals surface area contributed by atoms with Crippen LogP contribution in [0.1, 0.15) is 34.0 Å². The molecular weight excluding hydrogens is 450 g/mol. The Hall–Kier alpha value is -3.05. The summed E-state index contributed by atoms with van der Waals surface area (Å²) in [6.45, 7) is 4.76. The molecule has 0 bridgehead atoms. The van der Waals surface area contributed by atoms with Crippen molar-refractivity contribution in [2.75, 3.05) is 11.9 Å². The molecule has 4 nitrogen and oxygen atoms in total. The Kier molecular flexibility index (Phi) is 5.06. The van der Waals surface area contributed by atoms with Crippen LogP contribution in [0.2, 0.25) is 0 Å². The lowest BCUT2D eigenvalue weighted by atomic mass is 9.92. The number of aromatic amines is 1. The highest BCUT2D eigenvalue weighted by atomic mass is 79.9. The molecule has 2 heterocycles. The number of aryl methyl sites for hydroxylation is 2. The van der Waals surface area contributed by atoms with Crippen molar-refractivity contribution in [3.63, 3.8) is 0 Å². The Morgan fingerprint density at radius 1 is 1.06 bits per heavy atom. The van der Waals surface area contributed by atoms with E-state index in [1.165, 1.54) is 16.5 Å². The van der Waals surface area contributed by atoms with Gasteiger partial charge in [0.15, 0.2) is 0 Å².